The van der Waals surface area contributed by atoms with Crippen molar-refractivity contribution >= 4 is 27.5 Å². The average Bonchev–Trinajstić information content (AvgIpc) is 2.72. The standard InChI is InChI=1S/C13H15BrClN3/c1-17(2)5-6-18-4-3-16-13(18)10-7-11(14)9-12(15)8-10/h3-4,7-9H,5-6H2,1-2H3. The molecule has 0 unspecified atom stereocenters. The maximum atomic E-state index is 6.07. The van der Waals surface area contributed by atoms with E-state index in [1.165, 1.54) is 0 Å². The summed E-state index contributed by atoms with van der Waals surface area (Å²) in [6, 6.07) is 5.83. The molecule has 2 rings (SSSR count). The first kappa shape index (κ1) is 13.6. The number of aromatic nitrogens is 2. The molecule has 18 heavy (non-hydrogen) atoms. The van der Waals surface area contributed by atoms with Gasteiger partial charge in [0, 0.05) is 40.5 Å². The van der Waals surface area contributed by atoms with Crippen LogP contribution in [-0.2, 0) is 6.54 Å². The fourth-order valence-corrected chi connectivity index (χ4v) is 2.60. The van der Waals surface area contributed by atoms with Gasteiger partial charge in [-0.1, -0.05) is 27.5 Å². The molecule has 5 heteroatoms. The number of halogens is 2. The number of benzene rings is 1. The van der Waals surface area contributed by atoms with Crippen molar-refractivity contribution in [1.82, 2.24) is 14.5 Å². The molecule has 0 aliphatic carbocycles. The molecule has 96 valence electrons. The minimum absolute atomic E-state index is 0.710. The number of hydrogen-bond donors (Lipinski definition) is 0. The van der Waals surface area contributed by atoms with Gasteiger partial charge in [0.15, 0.2) is 0 Å². The number of nitrogens with zero attached hydrogens (tertiary/aromatic N) is 3. The lowest BCUT2D eigenvalue weighted by atomic mass is 10.2. The third kappa shape index (κ3) is 3.34. The lowest BCUT2D eigenvalue weighted by molar-refractivity contribution is 0.385. The summed E-state index contributed by atoms with van der Waals surface area (Å²) in [5, 5.41) is 0.710. The first-order valence-electron chi connectivity index (χ1n) is 5.68. The van der Waals surface area contributed by atoms with Crippen LogP contribution >= 0.6 is 27.5 Å². The van der Waals surface area contributed by atoms with Gasteiger partial charge in [-0.25, -0.2) is 4.98 Å². The van der Waals surface area contributed by atoms with Crippen LogP contribution in [0.5, 0.6) is 0 Å². The lowest BCUT2D eigenvalue weighted by Crippen LogP contribution is -2.18. The Morgan fingerprint density at radius 3 is 2.78 bits per heavy atom. The molecule has 3 nitrogen and oxygen atoms in total. The van der Waals surface area contributed by atoms with E-state index in [1.54, 1.807) is 0 Å². The fourth-order valence-electron chi connectivity index (χ4n) is 1.74. The van der Waals surface area contributed by atoms with Crippen LogP contribution in [0.15, 0.2) is 35.1 Å². The van der Waals surface area contributed by atoms with E-state index >= 15 is 0 Å². The largest absolute Gasteiger partial charge is 0.330 e. The van der Waals surface area contributed by atoms with Crippen LogP contribution in [0.2, 0.25) is 5.02 Å². The van der Waals surface area contributed by atoms with Gasteiger partial charge in [-0.05, 0) is 32.3 Å². The number of rotatable bonds is 4. The molecular formula is C13H15BrClN3. The zero-order valence-corrected chi connectivity index (χ0v) is 12.7. The van der Waals surface area contributed by atoms with Crippen LogP contribution in [0.4, 0.5) is 0 Å². The average molecular weight is 329 g/mol. The van der Waals surface area contributed by atoms with Crippen LogP contribution in [0.3, 0.4) is 0 Å². The predicted octanol–water partition coefficient (Wildman–Crippen LogP) is 3.53. The fraction of sp³-hybridized carbons (Fsp3) is 0.308. The topological polar surface area (TPSA) is 21.1 Å². The second-order valence-corrected chi connectivity index (χ2v) is 5.76. The minimum atomic E-state index is 0.710. The van der Waals surface area contributed by atoms with Gasteiger partial charge in [0.05, 0.1) is 0 Å². The van der Waals surface area contributed by atoms with E-state index in [4.69, 9.17) is 11.6 Å². The molecule has 0 bridgehead atoms. The van der Waals surface area contributed by atoms with E-state index in [9.17, 15) is 0 Å². The van der Waals surface area contributed by atoms with Gasteiger partial charge < -0.3 is 9.47 Å². The Kier molecular flexibility index (Phi) is 4.43. The van der Waals surface area contributed by atoms with Crippen LogP contribution < -0.4 is 0 Å². The normalized spacial score (nSPS) is 11.2. The molecule has 0 radical (unpaired) electrons. The Hall–Kier alpha value is -0.840. The molecule has 0 spiro atoms. The van der Waals surface area contributed by atoms with Gasteiger partial charge >= 0.3 is 0 Å². The SMILES string of the molecule is CN(C)CCn1ccnc1-c1cc(Cl)cc(Br)c1. The zero-order chi connectivity index (χ0) is 13.1. The second-order valence-electron chi connectivity index (χ2n) is 4.41. The van der Waals surface area contributed by atoms with Crippen molar-refractivity contribution in [2.75, 3.05) is 20.6 Å². The van der Waals surface area contributed by atoms with Crippen molar-refractivity contribution in [2.24, 2.45) is 0 Å². The monoisotopic (exact) mass is 327 g/mol. The summed E-state index contributed by atoms with van der Waals surface area (Å²) in [5.41, 5.74) is 1.03. The highest BCUT2D eigenvalue weighted by Gasteiger charge is 2.08. The molecule has 1 aromatic carbocycles. The van der Waals surface area contributed by atoms with Crippen molar-refractivity contribution in [1.29, 1.82) is 0 Å². The smallest absolute Gasteiger partial charge is 0.140 e. The van der Waals surface area contributed by atoms with Crippen LogP contribution in [0, 0.1) is 0 Å². The molecule has 0 fully saturated rings. The molecule has 1 aromatic heterocycles. The van der Waals surface area contributed by atoms with Crippen molar-refractivity contribution in [3.05, 3.63) is 40.1 Å². The molecule has 0 atom stereocenters. The summed E-state index contributed by atoms with van der Waals surface area (Å²) < 4.78 is 3.10. The Morgan fingerprint density at radius 2 is 2.11 bits per heavy atom. The Balaban J connectivity index is 2.30. The van der Waals surface area contributed by atoms with Crippen LogP contribution in [0.25, 0.3) is 11.4 Å². The van der Waals surface area contributed by atoms with Gasteiger partial charge in [0.1, 0.15) is 5.82 Å². The first-order chi connectivity index (χ1) is 8.56. The summed E-state index contributed by atoms with van der Waals surface area (Å²) in [6.07, 6.45) is 3.81. The third-order valence-electron chi connectivity index (χ3n) is 2.62. The van der Waals surface area contributed by atoms with Crippen molar-refractivity contribution in [3.8, 4) is 11.4 Å². The van der Waals surface area contributed by atoms with E-state index < -0.39 is 0 Å². The summed E-state index contributed by atoms with van der Waals surface area (Å²) in [4.78, 5) is 6.56. The summed E-state index contributed by atoms with van der Waals surface area (Å²) >= 11 is 9.53. The highest BCUT2D eigenvalue weighted by Crippen LogP contribution is 2.26. The predicted molar refractivity (Wildman–Crippen MR) is 78.9 cm³/mol. The van der Waals surface area contributed by atoms with E-state index in [-0.39, 0.29) is 0 Å². The molecule has 0 saturated carbocycles. The summed E-state index contributed by atoms with van der Waals surface area (Å²) in [6.45, 7) is 1.89. The molecule has 0 aliphatic heterocycles. The number of likely N-dealkylation sites (N-methyl/N-ethyl adjacent to an activating group) is 1. The molecule has 1 heterocycles. The van der Waals surface area contributed by atoms with Gasteiger partial charge in [-0.2, -0.15) is 0 Å². The van der Waals surface area contributed by atoms with Crippen molar-refractivity contribution in [2.45, 2.75) is 6.54 Å². The maximum absolute atomic E-state index is 6.07. The van der Waals surface area contributed by atoms with E-state index in [0.29, 0.717) is 5.02 Å². The molecule has 0 N–H and O–H groups in total. The van der Waals surface area contributed by atoms with Crippen LogP contribution in [0.1, 0.15) is 0 Å². The molecule has 0 aliphatic rings. The first-order valence-corrected chi connectivity index (χ1v) is 6.85. The van der Waals surface area contributed by atoms with Gasteiger partial charge in [0.25, 0.3) is 0 Å². The molecule has 2 aromatic rings. The van der Waals surface area contributed by atoms with E-state index in [0.717, 1.165) is 29.0 Å². The second kappa shape index (κ2) is 5.87. The summed E-state index contributed by atoms with van der Waals surface area (Å²) in [7, 11) is 4.12. The lowest BCUT2D eigenvalue weighted by Gasteiger charge is -2.12. The Labute approximate surface area is 121 Å². The van der Waals surface area contributed by atoms with E-state index in [1.807, 2.05) is 30.6 Å². The molecule has 0 amide bonds. The number of imidazole rings is 1. The van der Waals surface area contributed by atoms with E-state index in [2.05, 4.69) is 44.5 Å². The highest BCUT2D eigenvalue weighted by molar-refractivity contribution is 9.10. The van der Waals surface area contributed by atoms with Gasteiger partial charge in [0.2, 0.25) is 0 Å². The van der Waals surface area contributed by atoms with Gasteiger partial charge in [-0.3, -0.25) is 0 Å². The Bertz CT molecular complexity index is 517. The Morgan fingerprint density at radius 1 is 1.33 bits per heavy atom. The highest BCUT2D eigenvalue weighted by atomic mass is 79.9. The quantitative estimate of drug-likeness (QED) is 0.856. The van der Waals surface area contributed by atoms with Crippen molar-refractivity contribution in [3.63, 3.8) is 0 Å². The van der Waals surface area contributed by atoms with Gasteiger partial charge in [-0.15, -0.1) is 0 Å². The third-order valence-corrected chi connectivity index (χ3v) is 3.30. The van der Waals surface area contributed by atoms with Crippen LogP contribution in [-0.4, -0.2) is 35.1 Å². The maximum Gasteiger partial charge on any atom is 0.140 e. The minimum Gasteiger partial charge on any atom is -0.330 e. The zero-order valence-electron chi connectivity index (χ0n) is 10.4. The molecule has 0 saturated heterocycles. The molecular weight excluding hydrogens is 314 g/mol. The number of hydrogen-bond acceptors (Lipinski definition) is 2. The van der Waals surface area contributed by atoms with Crippen molar-refractivity contribution < 1.29 is 0 Å². The summed E-state index contributed by atoms with van der Waals surface area (Å²) in [5.74, 6) is 0.944.